The second-order valence-corrected chi connectivity index (χ2v) is 4.82. The summed E-state index contributed by atoms with van der Waals surface area (Å²) in [5.41, 5.74) is 4.48. The summed E-state index contributed by atoms with van der Waals surface area (Å²) in [5.74, 6) is 0.627. The molecule has 0 fully saturated rings. The van der Waals surface area contributed by atoms with Crippen LogP contribution in [0.5, 0.6) is 0 Å². The third-order valence-corrected chi connectivity index (χ3v) is 3.46. The molecule has 2 aliphatic carbocycles. The van der Waals surface area contributed by atoms with Gasteiger partial charge in [0, 0.05) is 0 Å². The number of hydrogen-bond acceptors (Lipinski definition) is 0. The molecule has 0 N–H and O–H groups in total. The van der Waals surface area contributed by atoms with Crippen LogP contribution in [-0.4, -0.2) is 0 Å². The van der Waals surface area contributed by atoms with Gasteiger partial charge in [-0.05, 0) is 52.0 Å². The first-order chi connectivity index (χ1) is 7.25. The fourth-order valence-electron chi connectivity index (χ4n) is 2.63. The third-order valence-electron chi connectivity index (χ3n) is 3.46. The van der Waals surface area contributed by atoms with Crippen LogP contribution < -0.4 is 10.4 Å². The molecule has 0 aromatic heterocycles. The van der Waals surface area contributed by atoms with Gasteiger partial charge < -0.3 is 0 Å². The van der Waals surface area contributed by atoms with Crippen LogP contribution in [0.1, 0.15) is 31.4 Å². The predicted molar refractivity (Wildman–Crippen MR) is 65.8 cm³/mol. The van der Waals surface area contributed by atoms with Gasteiger partial charge in [-0.3, -0.25) is 0 Å². The van der Waals surface area contributed by atoms with Gasteiger partial charge in [0.1, 0.15) is 0 Å². The van der Waals surface area contributed by atoms with Crippen molar-refractivity contribution in [1.82, 2.24) is 0 Å². The lowest BCUT2D eigenvalue weighted by Crippen LogP contribution is -2.15. The molecule has 0 nitrogen and oxygen atoms in total. The molecule has 0 spiro atoms. The molecule has 2 aliphatic rings. The van der Waals surface area contributed by atoms with E-state index in [2.05, 4.69) is 44.2 Å². The number of allylic oxidation sites excluding steroid dienone is 2. The van der Waals surface area contributed by atoms with Crippen molar-refractivity contribution in [2.45, 2.75) is 26.7 Å². The lowest BCUT2D eigenvalue weighted by Gasteiger charge is -2.09. The van der Waals surface area contributed by atoms with Crippen LogP contribution in [0.25, 0.3) is 17.7 Å². The van der Waals surface area contributed by atoms with Gasteiger partial charge in [0.2, 0.25) is 0 Å². The van der Waals surface area contributed by atoms with E-state index >= 15 is 0 Å². The Morgan fingerprint density at radius 2 is 1.93 bits per heavy atom. The van der Waals surface area contributed by atoms with Gasteiger partial charge in [0.15, 0.2) is 0 Å². The van der Waals surface area contributed by atoms with E-state index in [0.717, 1.165) is 0 Å². The molecule has 0 heterocycles. The van der Waals surface area contributed by atoms with Gasteiger partial charge in [-0.15, -0.1) is 0 Å². The zero-order valence-corrected chi connectivity index (χ0v) is 9.38. The van der Waals surface area contributed by atoms with Gasteiger partial charge in [-0.2, -0.15) is 0 Å². The Hall–Kier alpha value is -1.30. The molecular weight excluding hydrogens is 180 g/mol. The molecule has 0 saturated heterocycles. The average Bonchev–Trinajstić information content (AvgIpc) is 2.77. The topological polar surface area (TPSA) is 0 Å². The largest absolute Gasteiger partial charge is 0.0766 e. The fraction of sp³-hybridized carbons (Fsp3) is 0.333. The molecule has 3 rings (SSSR count). The highest BCUT2D eigenvalue weighted by molar-refractivity contribution is 5.79. The zero-order valence-electron chi connectivity index (χ0n) is 9.38. The minimum absolute atomic E-state index is 0.627. The maximum atomic E-state index is 2.38. The summed E-state index contributed by atoms with van der Waals surface area (Å²) in [7, 11) is 0. The molecule has 0 atom stereocenters. The first-order valence-corrected chi connectivity index (χ1v) is 5.81. The summed E-state index contributed by atoms with van der Waals surface area (Å²) in [5, 5.41) is 2.89. The first kappa shape index (κ1) is 8.96. The zero-order chi connectivity index (χ0) is 10.4. The monoisotopic (exact) mass is 196 g/mol. The Balaban J connectivity index is 2.24. The van der Waals surface area contributed by atoms with E-state index in [1.807, 2.05) is 0 Å². The molecule has 0 amide bonds. The Labute approximate surface area is 90.6 Å². The molecule has 1 aromatic rings. The molecule has 0 saturated carbocycles. The van der Waals surface area contributed by atoms with Crippen molar-refractivity contribution in [2.75, 3.05) is 0 Å². The molecule has 76 valence electrons. The summed E-state index contributed by atoms with van der Waals surface area (Å²) < 4.78 is 0. The van der Waals surface area contributed by atoms with E-state index in [4.69, 9.17) is 0 Å². The molecule has 0 aliphatic heterocycles. The average molecular weight is 196 g/mol. The van der Waals surface area contributed by atoms with Crippen LogP contribution in [-0.2, 0) is 6.42 Å². The van der Waals surface area contributed by atoms with Crippen molar-refractivity contribution in [1.29, 1.82) is 0 Å². The van der Waals surface area contributed by atoms with Gasteiger partial charge in [0.25, 0.3) is 0 Å². The van der Waals surface area contributed by atoms with Crippen LogP contribution >= 0.6 is 0 Å². The van der Waals surface area contributed by atoms with Crippen molar-refractivity contribution >= 4 is 17.7 Å². The van der Waals surface area contributed by atoms with E-state index in [9.17, 15) is 0 Å². The van der Waals surface area contributed by atoms with Gasteiger partial charge in [-0.1, -0.05) is 38.1 Å². The first-order valence-electron chi connectivity index (χ1n) is 5.81. The minimum Gasteiger partial charge on any atom is -0.0766 e. The van der Waals surface area contributed by atoms with Crippen molar-refractivity contribution < 1.29 is 0 Å². The van der Waals surface area contributed by atoms with Gasteiger partial charge in [0.05, 0.1) is 0 Å². The van der Waals surface area contributed by atoms with E-state index in [1.54, 1.807) is 0 Å². The fourth-order valence-corrected chi connectivity index (χ4v) is 2.63. The van der Waals surface area contributed by atoms with E-state index in [-0.39, 0.29) is 0 Å². The Morgan fingerprint density at radius 3 is 2.73 bits per heavy atom. The van der Waals surface area contributed by atoms with E-state index in [0.29, 0.717) is 5.92 Å². The number of fused-ring (bicyclic) bond motifs is 2. The van der Waals surface area contributed by atoms with Gasteiger partial charge in [-0.25, -0.2) is 0 Å². The number of hydrogen-bond donors (Lipinski definition) is 0. The summed E-state index contributed by atoms with van der Waals surface area (Å²) in [6, 6.07) is 4.76. The highest BCUT2D eigenvalue weighted by Crippen LogP contribution is 2.23. The third kappa shape index (κ3) is 1.28. The number of aryl methyl sites for hydroxylation is 1. The summed E-state index contributed by atoms with van der Waals surface area (Å²) in [6.45, 7) is 4.54. The number of rotatable bonds is 1. The molecule has 1 aromatic carbocycles. The second-order valence-electron chi connectivity index (χ2n) is 4.82. The van der Waals surface area contributed by atoms with Crippen LogP contribution in [0, 0.1) is 5.92 Å². The summed E-state index contributed by atoms with van der Waals surface area (Å²) in [4.78, 5) is 0. The highest BCUT2D eigenvalue weighted by Gasteiger charge is 2.13. The van der Waals surface area contributed by atoms with Gasteiger partial charge >= 0.3 is 0 Å². The Kier molecular flexibility index (Phi) is 1.85. The molecule has 0 bridgehead atoms. The standard InChI is InChI=1S/C15H16/c1-10(2)14-7-6-13-8-11-4-3-5-12(11)9-15(13)14/h5-10H,3-4H2,1-2H3. The van der Waals surface area contributed by atoms with Crippen LogP contribution in [0.15, 0.2) is 18.2 Å². The minimum atomic E-state index is 0.627. The predicted octanol–water partition coefficient (Wildman–Crippen LogP) is 2.25. The van der Waals surface area contributed by atoms with E-state index in [1.165, 1.54) is 40.0 Å². The summed E-state index contributed by atoms with van der Waals surface area (Å²) in [6.07, 6.45) is 9.37. The smallest absolute Gasteiger partial charge is 0.0143 e. The Bertz CT molecular complexity index is 556. The molecular formula is C15H16. The van der Waals surface area contributed by atoms with Crippen molar-refractivity contribution in [3.05, 3.63) is 39.8 Å². The maximum absolute atomic E-state index is 2.38. The second kappa shape index (κ2) is 3.10. The van der Waals surface area contributed by atoms with Crippen LogP contribution in [0.3, 0.4) is 0 Å². The summed E-state index contributed by atoms with van der Waals surface area (Å²) >= 11 is 0. The maximum Gasteiger partial charge on any atom is -0.0143 e. The quantitative estimate of drug-likeness (QED) is 0.646. The van der Waals surface area contributed by atoms with E-state index < -0.39 is 0 Å². The Morgan fingerprint density at radius 1 is 1.07 bits per heavy atom. The van der Waals surface area contributed by atoms with Crippen LogP contribution in [0.2, 0.25) is 0 Å². The number of benzene rings is 1. The molecule has 15 heavy (non-hydrogen) atoms. The molecule has 0 radical (unpaired) electrons. The van der Waals surface area contributed by atoms with Crippen molar-refractivity contribution in [2.24, 2.45) is 5.92 Å². The SMILES string of the molecule is CC(C)C1=CC=c2cc3c(cc21)=CCC3. The van der Waals surface area contributed by atoms with Crippen molar-refractivity contribution in [3.8, 4) is 0 Å². The molecule has 0 unspecified atom stereocenters. The highest BCUT2D eigenvalue weighted by atomic mass is 14.2. The lowest BCUT2D eigenvalue weighted by atomic mass is 9.96. The molecule has 0 heteroatoms. The normalized spacial score (nSPS) is 16.9. The lowest BCUT2D eigenvalue weighted by molar-refractivity contribution is 0.856. The van der Waals surface area contributed by atoms with Crippen LogP contribution in [0.4, 0.5) is 0 Å². The van der Waals surface area contributed by atoms with Crippen molar-refractivity contribution in [3.63, 3.8) is 0 Å².